The van der Waals surface area contributed by atoms with E-state index < -0.39 is 6.10 Å². The number of hydrogen-bond donors (Lipinski definition) is 1. The van der Waals surface area contributed by atoms with Gasteiger partial charge in [-0.25, -0.2) is 4.98 Å². The van der Waals surface area contributed by atoms with E-state index in [1.807, 2.05) is 13.0 Å². The fraction of sp³-hybridized carbons (Fsp3) is 0.176. The summed E-state index contributed by atoms with van der Waals surface area (Å²) in [6.45, 7) is 3.51. The van der Waals surface area contributed by atoms with Crippen LogP contribution in [0.4, 0.5) is 0 Å². The summed E-state index contributed by atoms with van der Waals surface area (Å²) in [6, 6.07) is 8.80. The van der Waals surface area contributed by atoms with Crippen LogP contribution in [0.15, 0.2) is 35.1 Å². The van der Waals surface area contributed by atoms with E-state index >= 15 is 0 Å². The number of aliphatic hydroxyl groups is 1. The number of hydrogen-bond acceptors (Lipinski definition) is 6. The monoisotopic (exact) mass is 372 g/mol. The highest BCUT2D eigenvalue weighted by molar-refractivity contribution is 7.25. The lowest BCUT2D eigenvalue weighted by Crippen LogP contribution is -2.21. The highest BCUT2D eigenvalue weighted by atomic mass is 35.5. The zero-order chi connectivity index (χ0) is 17.7. The van der Waals surface area contributed by atoms with Gasteiger partial charge >= 0.3 is 0 Å². The fourth-order valence-electron chi connectivity index (χ4n) is 2.79. The summed E-state index contributed by atoms with van der Waals surface area (Å²) in [4.78, 5) is 18.1. The Morgan fingerprint density at radius 3 is 2.80 bits per heavy atom. The average Bonchev–Trinajstić information content (AvgIpc) is 2.93. The maximum atomic E-state index is 12.9. The number of halogens is 1. The van der Waals surface area contributed by atoms with Crippen molar-refractivity contribution in [2.24, 2.45) is 0 Å². The van der Waals surface area contributed by atoms with Crippen LogP contribution in [0.5, 0.6) is 0 Å². The number of rotatable bonds is 2. The second-order valence-electron chi connectivity index (χ2n) is 5.73. The van der Waals surface area contributed by atoms with Gasteiger partial charge in [0.1, 0.15) is 15.0 Å². The van der Waals surface area contributed by atoms with E-state index in [0.717, 1.165) is 11.1 Å². The molecule has 0 bridgehead atoms. The molecule has 0 saturated carbocycles. The molecule has 3 heterocycles. The standard InChI is InChI=1S/C17H13ClN4O2S/c1-8-10(9(2)23)7-11-14-15(25-16(11)19-8)17(24)22(21-20-14)13-6-4-3-5-12(13)18/h3-7,9,23H,1-2H3. The summed E-state index contributed by atoms with van der Waals surface area (Å²) in [6.07, 6.45) is -0.650. The number of aryl methyl sites for hydroxylation is 1. The molecule has 3 aromatic heterocycles. The van der Waals surface area contributed by atoms with Crippen molar-refractivity contribution < 1.29 is 5.11 Å². The maximum absolute atomic E-state index is 12.9. The first-order chi connectivity index (χ1) is 12.0. The van der Waals surface area contributed by atoms with Gasteiger partial charge in [0.05, 0.1) is 16.8 Å². The van der Waals surface area contributed by atoms with Crippen LogP contribution in [-0.4, -0.2) is 25.1 Å². The van der Waals surface area contributed by atoms with Gasteiger partial charge in [-0.2, -0.15) is 4.68 Å². The summed E-state index contributed by atoms with van der Waals surface area (Å²) in [5.74, 6) is 0. The van der Waals surface area contributed by atoms with E-state index in [0.29, 0.717) is 31.3 Å². The van der Waals surface area contributed by atoms with Crippen molar-refractivity contribution in [3.8, 4) is 5.69 Å². The quantitative estimate of drug-likeness (QED) is 0.583. The largest absolute Gasteiger partial charge is 0.389 e. The van der Waals surface area contributed by atoms with Crippen LogP contribution in [0.3, 0.4) is 0 Å². The van der Waals surface area contributed by atoms with Crippen LogP contribution in [0.2, 0.25) is 5.02 Å². The van der Waals surface area contributed by atoms with Gasteiger partial charge in [0.25, 0.3) is 5.56 Å². The zero-order valence-corrected chi connectivity index (χ0v) is 15.0. The van der Waals surface area contributed by atoms with Crippen molar-refractivity contribution in [1.82, 2.24) is 20.0 Å². The molecule has 4 rings (SSSR count). The Hall–Kier alpha value is -2.35. The second-order valence-corrected chi connectivity index (χ2v) is 7.14. The summed E-state index contributed by atoms with van der Waals surface area (Å²) < 4.78 is 1.65. The summed E-state index contributed by atoms with van der Waals surface area (Å²) in [7, 11) is 0. The second kappa shape index (κ2) is 5.87. The van der Waals surface area contributed by atoms with Crippen molar-refractivity contribution in [3.63, 3.8) is 0 Å². The molecule has 0 spiro atoms. The van der Waals surface area contributed by atoms with Crippen molar-refractivity contribution in [3.05, 3.63) is 57.0 Å². The highest BCUT2D eigenvalue weighted by Crippen LogP contribution is 2.32. The molecule has 1 N–H and O–H groups in total. The van der Waals surface area contributed by atoms with E-state index in [1.54, 1.807) is 31.2 Å². The summed E-state index contributed by atoms with van der Waals surface area (Å²) >= 11 is 7.44. The fourth-order valence-corrected chi connectivity index (χ4v) is 4.07. The molecule has 0 saturated heterocycles. The Labute approximate surface area is 151 Å². The van der Waals surface area contributed by atoms with Crippen LogP contribution < -0.4 is 5.56 Å². The molecule has 0 radical (unpaired) electrons. The minimum Gasteiger partial charge on any atom is -0.389 e. The van der Waals surface area contributed by atoms with Gasteiger partial charge in [-0.15, -0.1) is 16.4 Å². The Balaban J connectivity index is 2.04. The van der Waals surface area contributed by atoms with Gasteiger partial charge in [-0.05, 0) is 32.0 Å². The Morgan fingerprint density at radius 2 is 2.08 bits per heavy atom. The molecule has 1 atom stereocenters. The van der Waals surface area contributed by atoms with Crippen LogP contribution >= 0.6 is 22.9 Å². The van der Waals surface area contributed by atoms with Crippen LogP contribution in [0.25, 0.3) is 26.1 Å². The van der Waals surface area contributed by atoms with Crippen molar-refractivity contribution >= 4 is 43.4 Å². The molecule has 1 unspecified atom stereocenters. The first-order valence-corrected chi connectivity index (χ1v) is 8.79. The third kappa shape index (κ3) is 2.52. The molecule has 0 aliphatic carbocycles. The van der Waals surface area contributed by atoms with Crippen LogP contribution in [0, 0.1) is 6.92 Å². The molecule has 25 heavy (non-hydrogen) atoms. The van der Waals surface area contributed by atoms with E-state index in [9.17, 15) is 9.90 Å². The topological polar surface area (TPSA) is 80.9 Å². The van der Waals surface area contributed by atoms with Gasteiger partial charge in [0.15, 0.2) is 0 Å². The number of pyridine rings is 1. The van der Waals surface area contributed by atoms with Gasteiger partial charge in [-0.3, -0.25) is 4.79 Å². The van der Waals surface area contributed by atoms with Crippen molar-refractivity contribution in [2.45, 2.75) is 20.0 Å². The number of para-hydroxylation sites is 1. The van der Waals surface area contributed by atoms with Gasteiger partial charge in [0, 0.05) is 16.6 Å². The SMILES string of the molecule is Cc1nc2sc3c(=O)n(-c4ccccc4Cl)nnc3c2cc1C(C)O. The predicted octanol–water partition coefficient (Wildman–Crippen LogP) is 3.41. The van der Waals surface area contributed by atoms with Gasteiger partial charge in [-0.1, -0.05) is 28.9 Å². The minimum atomic E-state index is -0.650. The molecular weight excluding hydrogens is 360 g/mol. The van der Waals surface area contributed by atoms with Crippen molar-refractivity contribution in [1.29, 1.82) is 0 Å². The predicted molar refractivity (Wildman–Crippen MR) is 98.7 cm³/mol. The van der Waals surface area contributed by atoms with Gasteiger partial charge in [0.2, 0.25) is 0 Å². The third-order valence-electron chi connectivity index (χ3n) is 4.04. The molecule has 6 nitrogen and oxygen atoms in total. The average molecular weight is 373 g/mol. The Morgan fingerprint density at radius 1 is 1.32 bits per heavy atom. The molecule has 0 fully saturated rings. The normalized spacial score (nSPS) is 12.8. The molecule has 4 aromatic rings. The van der Waals surface area contributed by atoms with E-state index in [-0.39, 0.29) is 5.56 Å². The summed E-state index contributed by atoms with van der Waals surface area (Å²) in [5, 5.41) is 19.3. The maximum Gasteiger partial charge on any atom is 0.292 e. The van der Waals surface area contributed by atoms with E-state index in [4.69, 9.17) is 11.6 Å². The number of aliphatic hydroxyl groups excluding tert-OH is 1. The first kappa shape index (κ1) is 16.1. The number of nitrogens with zero attached hydrogens (tertiary/aromatic N) is 4. The highest BCUT2D eigenvalue weighted by Gasteiger charge is 2.18. The number of thiophene rings is 1. The van der Waals surface area contributed by atoms with Gasteiger partial charge < -0.3 is 5.11 Å². The van der Waals surface area contributed by atoms with Crippen molar-refractivity contribution in [2.75, 3.05) is 0 Å². The zero-order valence-electron chi connectivity index (χ0n) is 13.4. The minimum absolute atomic E-state index is 0.294. The summed E-state index contributed by atoms with van der Waals surface area (Å²) in [5.41, 5.74) is 2.12. The van der Waals surface area contributed by atoms with Crippen LogP contribution in [-0.2, 0) is 0 Å². The number of benzene rings is 1. The van der Waals surface area contributed by atoms with E-state index in [1.165, 1.54) is 16.0 Å². The molecule has 8 heteroatoms. The molecule has 0 aliphatic rings. The molecule has 1 aromatic carbocycles. The third-order valence-corrected chi connectivity index (χ3v) is 5.43. The number of fused-ring (bicyclic) bond motifs is 3. The first-order valence-electron chi connectivity index (χ1n) is 7.60. The Bertz CT molecular complexity index is 1180. The molecule has 0 amide bonds. The molecule has 0 aliphatic heterocycles. The lowest BCUT2D eigenvalue weighted by molar-refractivity contribution is 0.198. The van der Waals surface area contributed by atoms with Crippen LogP contribution in [0.1, 0.15) is 24.3 Å². The lowest BCUT2D eigenvalue weighted by Gasteiger charge is -2.07. The molecule has 126 valence electrons. The number of aromatic nitrogens is 4. The lowest BCUT2D eigenvalue weighted by atomic mass is 10.1. The molecular formula is C17H13ClN4O2S. The smallest absolute Gasteiger partial charge is 0.292 e. The Kier molecular flexibility index (Phi) is 3.79. The van der Waals surface area contributed by atoms with E-state index in [2.05, 4.69) is 15.3 Å².